The van der Waals surface area contributed by atoms with Gasteiger partial charge in [-0.3, -0.25) is 9.59 Å². The summed E-state index contributed by atoms with van der Waals surface area (Å²) in [4.78, 5) is 43.1. The maximum atomic E-state index is 14.4. The Hall–Kier alpha value is -3.87. The second kappa shape index (κ2) is 15.6. The van der Waals surface area contributed by atoms with Crippen molar-refractivity contribution < 1.29 is 19.1 Å². The van der Waals surface area contributed by atoms with Gasteiger partial charge in [0, 0.05) is 12.2 Å². The van der Waals surface area contributed by atoms with Gasteiger partial charge in [0.05, 0.1) is 0 Å². The highest BCUT2D eigenvalue weighted by Crippen LogP contribution is 2.28. The Morgan fingerprint density at radius 3 is 2.14 bits per heavy atom. The van der Waals surface area contributed by atoms with Crippen LogP contribution in [0.4, 0.5) is 10.5 Å². The van der Waals surface area contributed by atoms with E-state index in [0.29, 0.717) is 12.2 Å². The van der Waals surface area contributed by atoms with E-state index < -0.39 is 23.8 Å². The Morgan fingerprint density at radius 1 is 0.860 bits per heavy atom. The highest BCUT2D eigenvalue weighted by molar-refractivity contribution is 6.00. The molecule has 0 aliphatic heterocycles. The monoisotopic (exact) mass is 587 g/mol. The SMILES string of the molecule is CCCCCCN(C(=O)C(NC(=O)OC(C)(C)C)C(C)C)C(C(=O)Nc1ccc2ccccc2c1)c1ccc(CC)cc1. The van der Waals surface area contributed by atoms with E-state index in [2.05, 4.69) is 24.5 Å². The van der Waals surface area contributed by atoms with Crippen molar-refractivity contribution in [2.75, 3.05) is 11.9 Å². The minimum Gasteiger partial charge on any atom is -0.444 e. The normalized spacial score (nSPS) is 12.9. The summed E-state index contributed by atoms with van der Waals surface area (Å²) < 4.78 is 5.49. The summed E-state index contributed by atoms with van der Waals surface area (Å²) in [6, 6.07) is 19.9. The number of hydrogen-bond donors (Lipinski definition) is 2. The molecule has 3 rings (SSSR count). The van der Waals surface area contributed by atoms with E-state index in [9.17, 15) is 14.4 Å². The van der Waals surface area contributed by atoms with Crippen molar-refractivity contribution >= 4 is 34.4 Å². The van der Waals surface area contributed by atoms with Crippen LogP contribution in [-0.4, -0.2) is 41.0 Å². The number of anilines is 1. The molecule has 0 spiro atoms. The molecule has 43 heavy (non-hydrogen) atoms. The van der Waals surface area contributed by atoms with Gasteiger partial charge in [0.15, 0.2) is 0 Å². The molecular weight excluding hydrogens is 538 g/mol. The van der Waals surface area contributed by atoms with Gasteiger partial charge in [-0.2, -0.15) is 0 Å². The number of nitrogens with zero attached hydrogens (tertiary/aromatic N) is 1. The van der Waals surface area contributed by atoms with E-state index in [1.807, 2.05) is 80.6 Å². The fourth-order valence-electron chi connectivity index (χ4n) is 5.09. The molecule has 0 aliphatic rings. The zero-order valence-corrected chi connectivity index (χ0v) is 26.9. The fraction of sp³-hybridized carbons (Fsp3) is 0.472. The van der Waals surface area contributed by atoms with Crippen LogP contribution in [0, 0.1) is 5.92 Å². The molecule has 2 unspecified atom stereocenters. The fourth-order valence-corrected chi connectivity index (χ4v) is 5.09. The lowest BCUT2D eigenvalue weighted by atomic mass is 9.97. The van der Waals surface area contributed by atoms with Crippen molar-refractivity contribution in [3.8, 4) is 0 Å². The minimum atomic E-state index is -0.895. The van der Waals surface area contributed by atoms with Gasteiger partial charge in [-0.15, -0.1) is 0 Å². The number of hydrogen-bond acceptors (Lipinski definition) is 4. The molecule has 0 fully saturated rings. The average molecular weight is 588 g/mol. The Labute approximate surface area is 257 Å². The van der Waals surface area contributed by atoms with Crippen LogP contribution < -0.4 is 10.6 Å². The number of nitrogens with one attached hydrogen (secondary N) is 2. The molecule has 0 aliphatic carbocycles. The summed E-state index contributed by atoms with van der Waals surface area (Å²) in [5.41, 5.74) is 1.81. The van der Waals surface area contributed by atoms with Crippen LogP contribution in [0.25, 0.3) is 10.8 Å². The molecule has 3 aromatic carbocycles. The van der Waals surface area contributed by atoms with E-state index in [1.54, 1.807) is 25.7 Å². The zero-order valence-electron chi connectivity index (χ0n) is 26.9. The van der Waals surface area contributed by atoms with Crippen molar-refractivity contribution in [3.05, 3.63) is 77.9 Å². The van der Waals surface area contributed by atoms with E-state index in [0.717, 1.165) is 54.0 Å². The maximum absolute atomic E-state index is 14.4. The number of fused-ring (bicyclic) bond motifs is 1. The number of unbranched alkanes of at least 4 members (excludes halogenated alkanes) is 3. The number of carbonyl (C=O) groups is 3. The van der Waals surface area contributed by atoms with Crippen molar-refractivity contribution in [2.45, 2.75) is 98.3 Å². The third-order valence-electron chi connectivity index (χ3n) is 7.42. The van der Waals surface area contributed by atoms with Crippen LogP contribution in [-0.2, 0) is 20.7 Å². The summed E-state index contributed by atoms with van der Waals surface area (Å²) >= 11 is 0. The van der Waals surface area contributed by atoms with E-state index in [-0.39, 0.29) is 17.7 Å². The van der Waals surface area contributed by atoms with Crippen LogP contribution in [0.1, 0.15) is 91.3 Å². The van der Waals surface area contributed by atoms with Crippen molar-refractivity contribution in [1.29, 1.82) is 0 Å². The average Bonchev–Trinajstić information content (AvgIpc) is 2.96. The Bertz CT molecular complexity index is 1360. The number of aryl methyl sites for hydroxylation is 1. The number of rotatable bonds is 13. The predicted octanol–water partition coefficient (Wildman–Crippen LogP) is 8.04. The zero-order chi connectivity index (χ0) is 31.6. The van der Waals surface area contributed by atoms with Gasteiger partial charge in [0.1, 0.15) is 17.7 Å². The Balaban J connectivity index is 2.03. The largest absolute Gasteiger partial charge is 0.444 e. The van der Waals surface area contributed by atoms with Gasteiger partial charge in [-0.05, 0) is 73.6 Å². The highest BCUT2D eigenvalue weighted by atomic mass is 16.6. The minimum absolute atomic E-state index is 0.232. The number of alkyl carbamates (subject to hydrolysis) is 1. The van der Waals surface area contributed by atoms with Gasteiger partial charge in [-0.25, -0.2) is 4.79 Å². The number of ether oxygens (including phenoxy) is 1. The molecule has 7 nitrogen and oxygen atoms in total. The summed E-state index contributed by atoms with van der Waals surface area (Å²) in [6.45, 7) is 13.7. The van der Waals surface area contributed by atoms with Crippen molar-refractivity contribution in [3.63, 3.8) is 0 Å². The molecule has 0 aromatic heterocycles. The molecular formula is C36H49N3O4. The summed E-state index contributed by atoms with van der Waals surface area (Å²) in [5, 5.41) is 7.99. The highest BCUT2D eigenvalue weighted by Gasteiger charge is 2.37. The first kappa shape index (κ1) is 33.6. The number of carbonyl (C=O) groups excluding carboxylic acids is 3. The summed E-state index contributed by atoms with van der Waals surface area (Å²) in [5.74, 6) is -0.844. The second-order valence-electron chi connectivity index (χ2n) is 12.5. The molecule has 3 aromatic rings. The van der Waals surface area contributed by atoms with Gasteiger partial charge < -0.3 is 20.3 Å². The van der Waals surface area contributed by atoms with E-state index >= 15 is 0 Å². The first-order chi connectivity index (χ1) is 20.4. The van der Waals surface area contributed by atoms with Gasteiger partial charge in [0.2, 0.25) is 5.91 Å². The smallest absolute Gasteiger partial charge is 0.408 e. The molecule has 0 saturated carbocycles. The van der Waals surface area contributed by atoms with Crippen LogP contribution in [0.15, 0.2) is 66.7 Å². The quantitative estimate of drug-likeness (QED) is 0.198. The van der Waals surface area contributed by atoms with E-state index in [4.69, 9.17) is 4.74 Å². The van der Waals surface area contributed by atoms with Crippen molar-refractivity contribution in [1.82, 2.24) is 10.2 Å². The summed E-state index contributed by atoms with van der Waals surface area (Å²) in [6.07, 6.45) is 3.96. The lowest BCUT2D eigenvalue weighted by Gasteiger charge is -2.35. The second-order valence-corrected chi connectivity index (χ2v) is 12.5. The summed E-state index contributed by atoms with van der Waals surface area (Å²) in [7, 11) is 0. The van der Waals surface area contributed by atoms with Crippen LogP contribution in [0.3, 0.4) is 0 Å². The lowest BCUT2D eigenvalue weighted by molar-refractivity contribution is -0.141. The van der Waals surface area contributed by atoms with Crippen LogP contribution >= 0.6 is 0 Å². The molecule has 0 saturated heterocycles. The topological polar surface area (TPSA) is 87.7 Å². The van der Waals surface area contributed by atoms with Gasteiger partial charge in [-0.1, -0.05) is 102 Å². The third kappa shape index (κ3) is 9.84. The van der Waals surface area contributed by atoms with Crippen molar-refractivity contribution in [2.24, 2.45) is 5.92 Å². The van der Waals surface area contributed by atoms with Crippen LogP contribution in [0.5, 0.6) is 0 Å². The Kier molecular flexibility index (Phi) is 12.2. The number of benzene rings is 3. The van der Waals surface area contributed by atoms with Gasteiger partial charge in [0.25, 0.3) is 5.91 Å². The number of amides is 3. The molecule has 2 atom stereocenters. The lowest BCUT2D eigenvalue weighted by Crippen LogP contribution is -2.54. The van der Waals surface area contributed by atoms with Crippen LogP contribution in [0.2, 0.25) is 0 Å². The molecule has 0 bridgehead atoms. The van der Waals surface area contributed by atoms with Gasteiger partial charge >= 0.3 is 6.09 Å². The predicted molar refractivity (Wildman–Crippen MR) is 175 cm³/mol. The first-order valence-electron chi connectivity index (χ1n) is 15.6. The maximum Gasteiger partial charge on any atom is 0.408 e. The van der Waals surface area contributed by atoms with E-state index in [1.165, 1.54) is 0 Å². The third-order valence-corrected chi connectivity index (χ3v) is 7.42. The molecule has 3 amide bonds. The molecule has 232 valence electrons. The molecule has 7 heteroatoms. The molecule has 0 heterocycles. The molecule has 0 radical (unpaired) electrons. The standard InChI is InChI=1S/C36H49N3O4/c1-8-10-11-14-23-39(34(41)31(25(3)4)38-35(42)43-36(5,6)7)32(28-19-17-26(9-2)18-20-28)33(40)37-30-22-21-27-15-12-13-16-29(27)24-30/h12-13,15-22,24-25,31-32H,8-11,14,23H2,1-7H3,(H,37,40)(H,38,42). The Morgan fingerprint density at radius 2 is 1.53 bits per heavy atom. The molecule has 2 N–H and O–H groups in total. The first-order valence-corrected chi connectivity index (χ1v) is 15.6.